The van der Waals surface area contributed by atoms with Gasteiger partial charge in [0.2, 0.25) is 0 Å². The molecule has 2 aromatic carbocycles. The predicted octanol–water partition coefficient (Wildman–Crippen LogP) is 2.21. The van der Waals surface area contributed by atoms with Gasteiger partial charge in [0.25, 0.3) is 0 Å². The average Bonchev–Trinajstić information content (AvgIpc) is 2.85. The number of carbonyl (C=O) groups is 2. The monoisotopic (exact) mass is 452 g/mol. The topological polar surface area (TPSA) is 83.1 Å². The Bertz CT molecular complexity index is 990. The van der Waals surface area contributed by atoms with Crippen LogP contribution in [0.4, 0.5) is 11.4 Å². The van der Waals surface area contributed by atoms with Gasteiger partial charge in [-0.3, -0.25) is 14.5 Å². The summed E-state index contributed by atoms with van der Waals surface area (Å²) in [5.41, 5.74) is 4.21. The van der Waals surface area contributed by atoms with Crippen LogP contribution in [0.5, 0.6) is 5.75 Å². The van der Waals surface area contributed by atoms with Gasteiger partial charge in [-0.15, -0.1) is 0 Å². The van der Waals surface area contributed by atoms with Crippen molar-refractivity contribution in [2.75, 3.05) is 63.8 Å². The van der Waals surface area contributed by atoms with E-state index in [1.54, 1.807) is 24.3 Å². The van der Waals surface area contributed by atoms with Gasteiger partial charge in [0.1, 0.15) is 5.75 Å². The molecule has 2 N–H and O–H groups in total. The third-order valence-corrected chi connectivity index (χ3v) is 6.34. The van der Waals surface area contributed by atoms with E-state index in [2.05, 4.69) is 45.7 Å². The molecule has 2 aromatic rings. The van der Waals surface area contributed by atoms with Crippen molar-refractivity contribution in [3.05, 3.63) is 53.6 Å². The van der Waals surface area contributed by atoms with Crippen LogP contribution < -0.4 is 20.3 Å². The quantitative estimate of drug-likeness (QED) is 0.654. The number of rotatable bonds is 6. The number of morpholine rings is 1. The average molecular weight is 453 g/mol. The lowest BCUT2D eigenvalue weighted by atomic mass is 9.95. The zero-order chi connectivity index (χ0) is 23.2. The maximum absolute atomic E-state index is 12.6. The molecule has 1 unspecified atom stereocenters. The van der Waals surface area contributed by atoms with Gasteiger partial charge in [0, 0.05) is 38.9 Å². The lowest BCUT2D eigenvalue weighted by Crippen LogP contribution is -2.45. The Kier molecular flexibility index (Phi) is 7.47. The molecule has 0 saturated carbocycles. The number of hydrogen-bond donors (Lipinski definition) is 2. The minimum atomic E-state index is -0.715. The highest BCUT2D eigenvalue weighted by atomic mass is 16.5. The van der Waals surface area contributed by atoms with Crippen molar-refractivity contribution in [3.8, 4) is 5.75 Å². The van der Waals surface area contributed by atoms with Crippen LogP contribution in [0, 0.1) is 0 Å². The van der Waals surface area contributed by atoms with Crippen molar-refractivity contribution < 1.29 is 19.1 Å². The number of anilines is 2. The normalized spacial score (nSPS) is 17.1. The minimum Gasteiger partial charge on any atom is -0.495 e. The maximum Gasteiger partial charge on any atom is 0.313 e. The lowest BCUT2D eigenvalue weighted by molar-refractivity contribution is -0.136. The Hall–Kier alpha value is -3.10. The van der Waals surface area contributed by atoms with Crippen LogP contribution >= 0.6 is 0 Å². The number of methoxy groups -OCH3 is 1. The first-order valence-corrected chi connectivity index (χ1v) is 11.4. The highest BCUT2D eigenvalue weighted by molar-refractivity contribution is 6.39. The van der Waals surface area contributed by atoms with Gasteiger partial charge in [0.15, 0.2) is 0 Å². The molecule has 8 nitrogen and oxygen atoms in total. The number of amides is 2. The molecule has 33 heavy (non-hydrogen) atoms. The number of aryl methyl sites for hydroxylation is 1. The SMILES string of the molecule is COc1ccccc1NC(=O)C(=O)NCC(c1ccc2c(c1)CCCN2C)N1CCOCC1. The van der Waals surface area contributed by atoms with Gasteiger partial charge >= 0.3 is 11.8 Å². The fourth-order valence-corrected chi connectivity index (χ4v) is 4.56. The van der Waals surface area contributed by atoms with E-state index in [0.29, 0.717) is 31.2 Å². The summed E-state index contributed by atoms with van der Waals surface area (Å²) in [6.07, 6.45) is 2.19. The van der Waals surface area contributed by atoms with E-state index in [1.807, 2.05) is 0 Å². The number of para-hydroxylation sites is 2. The van der Waals surface area contributed by atoms with Gasteiger partial charge < -0.3 is 25.0 Å². The second-order valence-electron chi connectivity index (χ2n) is 8.44. The molecule has 176 valence electrons. The van der Waals surface area contributed by atoms with Crippen molar-refractivity contribution in [1.82, 2.24) is 10.2 Å². The second-order valence-corrected chi connectivity index (χ2v) is 8.44. The van der Waals surface area contributed by atoms with E-state index in [4.69, 9.17) is 9.47 Å². The van der Waals surface area contributed by atoms with Crippen molar-refractivity contribution in [2.24, 2.45) is 0 Å². The van der Waals surface area contributed by atoms with Gasteiger partial charge in [0.05, 0.1) is 32.1 Å². The molecule has 2 amide bonds. The zero-order valence-corrected chi connectivity index (χ0v) is 19.3. The molecule has 0 aliphatic carbocycles. The van der Waals surface area contributed by atoms with E-state index < -0.39 is 11.8 Å². The molecule has 1 atom stereocenters. The maximum atomic E-state index is 12.6. The molecule has 0 bridgehead atoms. The standard InChI is InChI=1S/C25H32N4O4/c1-28-11-5-6-18-16-19(9-10-21(18)28)22(29-12-14-33-15-13-29)17-26-24(30)25(31)27-20-7-3-4-8-23(20)32-2/h3-4,7-10,16,22H,5-6,11-15,17H2,1-2H3,(H,26,30)(H,27,31). The largest absolute Gasteiger partial charge is 0.495 e. The van der Waals surface area contributed by atoms with Crippen molar-refractivity contribution in [3.63, 3.8) is 0 Å². The molecule has 0 aromatic heterocycles. The van der Waals surface area contributed by atoms with Crippen LogP contribution in [-0.4, -0.2) is 70.3 Å². The molecule has 4 rings (SSSR count). The van der Waals surface area contributed by atoms with Crippen LogP contribution in [0.3, 0.4) is 0 Å². The van der Waals surface area contributed by atoms with Crippen molar-refractivity contribution in [1.29, 1.82) is 0 Å². The molecule has 8 heteroatoms. The third kappa shape index (κ3) is 5.46. The number of benzene rings is 2. The van der Waals surface area contributed by atoms with E-state index in [1.165, 1.54) is 18.4 Å². The molecular weight excluding hydrogens is 420 g/mol. The molecule has 2 aliphatic rings. The fraction of sp³-hybridized carbons (Fsp3) is 0.440. The van der Waals surface area contributed by atoms with E-state index in [-0.39, 0.29) is 6.04 Å². The first kappa shape index (κ1) is 23.1. The van der Waals surface area contributed by atoms with E-state index >= 15 is 0 Å². The molecule has 1 saturated heterocycles. The summed E-state index contributed by atoms with van der Waals surface area (Å²) in [5, 5.41) is 5.48. The first-order valence-electron chi connectivity index (χ1n) is 11.4. The number of nitrogens with zero attached hydrogens (tertiary/aromatic N) is 2. The smallest absolute Gasteiger partial charge is 0.313 e. The summed E-state index contributed by atoms with van der Waals surface area (Å²) in [6.45, 7) is 4.29. The summed E-state index contributed by atoms with van der Waals surface area (Å²) < 4.78 is 10.8. The van der Waals surface area contributed by atoms with Crippen LogP contribution in [-0.2, 0) is 20.7 Å². The van der Waals surface area contributed by atoms with E-state index in [9.17, 15) is 9.59 Å². The molecule has 0 radical (unpaired) electrons. The van der Waals surface area contributed by atoms with Crippen LogP contribution in [0.2, 0.25) is 0 Å². The highest BCUT2D eigenvalue weighted by Crippen LogP contribution is 2.31. The second kappa shape index (κ2) is 10.7. The molecule has 1 fully saturated rings. The minimum absolute atomic E-state index is 0.0329. The molecular formula is C25H32N4O4. The Labute approximate surface area is 194 Å². The summed E-state index contributed by atoms with van der Waals surface area (Å²) >= 11 is 0. The summed E-state index contributed by atoms with van der Waals surface area (Å²) in [6, 6.07) is 13.5. The van der Waals surface area contributed by atoms with Gasteiger partial charge in [-0.05, 0) is 42.2 Å². The predicted molar refractivity (Wildman–Crippen MR) is 128 cm³/mol. The third-order valence-electron chi connectivity index (χ3n) is 6.34. The summed E-state index contributed by atoms with van der Waals surface area (Å²) in [4.78, 5) is 29.7. The van der Waals surface area contributed by atoms with Crippen LogP contribution in [0.25, 0.3) is 0 Å². The summed E-state index contributed by atoms with van der Waals surface area (Å²) in [5.74, 6) is -0.881. The number of carbonyl (C=O) groups excluding carboxylic acids is 2. The number of hydrogen-bond acceptors (Lipinski definition) is 6. The van der Waals surface area contributed by atoms with Crippen LogP contribution in [0.1, 0.15) is 23.6 Å². The number of fused-ring (bicyclic) bond motifs is 1. The van der Waals surface area contributed by atoms with Crippen molar-refractivity contribution >= 4 is 23.2 Å². The van der Waals surface area contributed by atoms with Gasteiger partial charge in [-0.2, -0.15) is 0 Å². The first-order chi connectivity index (χ1) is 16.1. The Morgan fingerprint density at radius 2 is 1.88 bits per heavy atom. The lowest BCUT2D eigenvalue weighted by Gasteiger charge is -2.36. The number of nitrogens with one attached hydrogen (secondary N) is 2. The van der Waals surface area contributed by atoms with Gasteiger partial charge in [-0.1, -0.05) is 24.3 Å². The Balaban J connectivity index is 1.47. The van der Waals surface area contributed by atoms with Crippen LogP contribution in [0.15, 0.2) is 42.5 Å². The Morgan fingerprint density at radius 1 is 1.09 bits per heavy atom. The zero-order valence-electron chi connectivity index (χ0n) is 19.3. The Morgan fingerprint density at radius 3 is 2.67 bits per heavy atom. The van der Waals surface area contributed by atoms with E-state index in [0.717, 1.165) is 38.0 Å². The highest BCUT2D eigenvalue weighted by Gasteiger charge is 2.26. The molecule has 2 heterocycles. The number of ether oxygens (including phenoxy) is 2. The summed E-state index contributed by atoms with van der Waals surface area (Å²) in [7, 11) is 3.64. The fourth-order valence-electron chi connectivity index (χ4n) is 4.56. The van der Waals surface area contributed by atoms with Gasteiger partial charge in [-0.25, -0.2) is 0 Å². The van der Waals surface area contributed by atoms with Crippen molar-refractivity contribution in [2.45, 2.75) is 18.9 Å². The molecule has 2 aliphatic heterocycles. The molecule has 0 spiro atoms.